The molecule has 6 rings (SSSR count). The van der Waals surface area contributed by atoms with E-state index in [2.05, 4.69) is 18.2 Å². The number of carbonyl (C=O) groups excluding carboxylic acids is 2. The maximum Gasteiger partial charge on any atom is 0.238 e. The van der Waals surface area contributed by atoms with Crippen LogP contribution in [0, 0.1) is 46.8 Å². The van der Waals surface area contributed by atoms with E-state index >= 15 is 0 Å². The Morgan fingerprint density at radius 2 is 1.50 bits per heavy atom. The molecule has 0 N–H and O–H groups in total. The molecule has 2 bridgehead atoms. The van der Waals surface area contributed by atoms with E-state index in [9.17, 15) is 9.59 Å². The summed E-state index contributed by atoms with van der Waals surface area (Å²) in [5.41, 5.74) is 1.12. The van der Waals surface area contributed by atoms with Crippen LogP contribution in [0.15, 0.2) is 36.4 Å². The molecule has 2 amide bonds. The van der Waals surface area contributed by atoms with Crippen LogP contribution in [0.1, 0.15) is 12.0 Å². The average molecular weight is 290 g/mol. The van der Waals surface area contributed by atoms with Crippen LogP contribution in [0.25, 0.3) is 0 Å². The first kappa shape index (κ1) is 12.2. The molecule has 0 unspecified atom stereocenters. The van der Waals surface area contributed by atoms with Gasteiger partial charge in [0, 0.05) is 0 Å². The van der Waals surface area contributed by atoms with Gasteiger partial charge in [-0.2, -0.15) is 5.26 Å². The highest BCUT2D eigenvalue weighted by molar-refractivity contribution is 6.22. The molecule has 6 atom stereocenters. The Balaban J connectivity index is 1.56. The largest absolute Gasteiger partial charge is 0.274 e. The maximum atomic E-state index is 12.9. The number of hydrogen-bond acceptors (Lipinski definition) is 3. The second-order valence-corrected chi connectivity index (χ2v) is 6.83. The molecule has 22 heavy (non-hydrogen) atoms. The van der Waals surface area contributed by atoms with E-state index in [-0.39, 0.29) is 35.5 Å². The number of nitrogens with zero attached hydrogens (tertiary/aromatic N) is 2. The van der Waals surface area contributed by atoms with Crippen molar-refractivity contribution in [1.29, 1.82) is 5.26 Å². The van der Waals surface area contributed by atoms with Crippen molar-refractivity contribution in [2.24, 2.45) is 35.5 Å². The van der Waals surface area contributed by atoms with Crippen LogP contribution in [0.2, 0.25) is 0 Å². The quantitative estimate of drug-likeness (QED) is 0.588. The van der Waals surface area contributed by atoms with E-state index in [4.69, 9.17) is 5.26 Å². The Hall–Kier alpha value is -2.41. The second-order valence-electron chi connectivity index (χ2n) is 6.83. The summed E-state index contributed by atoms with van der Waals surface area (Å²) in [6, 6.07) is 8.76. The second kappa shape index (κ2) is 3.86. The third-order valence-corrected chi connectivity index (χ3v) is 5.92. The first-order valence-electron chi connectivity index (χ1n) is 7.77. The lowest BCUT2D eigenvalue weighted by Crippen LogP contribution is -2.40. The molecule has 1 aromatic rings. The van der Waals surface area contributed by atoms with Gasteiger partial charge in [-0.3, -0.25) is 14.5 Å². The summed E-state index contributed by atoms with van der Waals surface area (Å²) in [6.45, 7) is 0. The summed E-state index contributed by atoms with van der Waals surface area (Å²) >= 11 is 0. The van der Waals surface area contributed by atoms with Crippen molar-refractivity contribution in [3.63, 3.8) is 0 Å². The summed E-state index contributed by atoms with van der Waals surface area (Å²) < 4.78 is 0. The smallest absolute Gasteiger partial charge is 0.238 e. The standard InChI is InChI=1S/C18H14N2O2/c19-8-9-1-3-10(4-2-9)20-17(21)15-11-5-6-12(14-7-13(11)14)16(15)18(20)22/h1-6,11-16H,7H2/t11-,12-,13-,14+,15+,16+/m0/s1. The lowest BCUT2D eigenvalue weighted by molar-refractivity contribution is -0.124. The van der Waals surface area contributed by atoms with Gasteiger partial charge < -0.3 is 0 Å². The van der Waals surface area contributed by atoms with E-state index in [1.807, 2.05) is 0 Å². The molecule has 4 heteroatoms. The minimum absolute atomic E-state index is 0.0515. The summed E-state index contributed by atoms with van der Waals surface area (Å²) in [4.78, 5) is 27.1. The molecule has 0 radical (unpaired) electrons. The predicted molar refractivity (Wildman–Crippen MR) is 78.3 cm³/mol. The van der Waals surface area contributed by atoms with Gasteiger partial charge in [0.05, 0.1) is 29.2 Å². The van der Waals surface area contributed by atoms with Crippen molar-refractivity contribution in [2.75, 3.05) is 4.90 Å². The molecule has 108 valence electrons. The maximum absolute atomic E-state index is 12.9. The van der Waals surface area contributed by atoms with Gasteiger partial charge in [-0.15, -0.1) is 0 Å². The fourth-order valence-electron chi connectivity index (χ4n) is 4.90. The molecule has 4 aliphatic carbocycles. The lowest BCUT2D eigenvalue weighted by Gasteiger charge is -2.37. The topological polar surface area (TPSA) is 61.2 Å². The van der Waals surface area contributed by atoms with Crippen LogP contribution in [0.4, 0.5) is 5.69 Å². The summed E-state index contributed by atoms with van der Waals surface area (Å²) in [7, 11) is 0. The van der Waals surface area contributed by atoms with Gasteiger partial charge in [0.1, 0.15) is 0 Å². The van der Waals surface area contributed by atoms with Gasteiger partial charge in [0.15, 0.2) is 0 Å². The van der Waals surface area contributed by atoms with Crippen molar-refractivity contribution in [3.05, 3.63) is 42.0 Å². The van der Waals surface area contributed by atoms with Gasteiger partial charge in [-0.1, -0.05) is 12.2 Å². The third-order valence-electron chi connectivity index (χ3n) is 5.92. The molecule has 2 saturated carbocycles. The van der Waals surface area contributed by atoms with Crippen LogP contribution >= 0.6 is 0 Å². The van der Waals surface area contributed by atoms with Crippen molar-refractivity contribution in [1.82, 2.24) is 0 Å². The van der Waals surface area contributed by atoms with Crippen molar-refractivity contribution in [3.8, 4) is 6.07 Å². The van der Waals surface area contributed by atoms with Crippen molar-refractivity contribution < 1.29 is 9.59 Å². The Morgan fingerprint density at radius 1 is 0.955 bits per heavy atom. The average Bonchev–Trinajstić information content (AvgIpc) is 3.32. The molecule has 0 aromatic heterocycles. The highest BCUT2D eigenvalue weighted by Crippen LogP contribution is 2.65. The molecule has 4 nitrogen and oxygen atoms in total. The predicted octanol–water partition coefficient (Wildman–Crippen LogP) is 2.12. The highest BCUT2D eigenvalue weighted by atomic mass is 16.2. The molecule has 0 spiro atoms. The Kier molecular flexibility index (Phi) is 2.14. The molecule has 3 fully saturated rings. The zero-order chi connectivity index (χ0) is 15.0. The monoisotopic (exact) mass is 290 g/mol. The Bertz CT molecular complexity index is 737. The molecular weight excluding hydrogens is 276 g/mol. The van der Waals surface area contributed by atoms with E-state index in [1.165, 1.54) is 11.3 Å². The van der Waals surface area contributed by atoms with Gasteiger partial charge in [-0.05, 0) is 54.4 Å². The first-order chi connectivity index (χ1) is 10.7. The number of carbonyl (C=O) groups is 2. The van der Waals surface area contributed by atoms with Gasteiger partial charge in [-0.25, -0.2) is 0 Å². The SMILES string of the molecule is N#Cc1ccc(N2C(=O)[C@@H]3[C@H]4C=C[C@@H]([C@@H]5C[C@H]45)[C@H]3C2=O)cc1. The van der Waals surface area contributed by atoms with Crippen LogP contribution < -0.4 is 4.90 Å². The van der Waals surface area contributed by atoms with Gasteiger partial charge >= 0.3 is 0 Å². The van der Waals surface area contributed by atoms with E-state index in [0.29, 0.717) is 23.1 Å². The lowest BCUT2D eigenvalue weighted by atomic mass is 9.63. The van der Waals surface area contributed by atoms with Crippen LogP contribution in [0.5, 0.6) is 0 Å². The number of anilines is 1. The minimum Gasteiger partial charge on any atom is -0.274 e. The number of benzene rings is 1. The van der Waals surface area contributed by atoms with Crippen molar-refractivity contribution in [2.45, 2.75) is 6.42 Å². The van der Waals surface area contributed by atoms with E-state index in [0.717, 1.165) is 0 Å². The van der Waals surface area contributed by atoms with E-state index < -0.39 is 0 Å². The molecule has 5 aliphatic rings. The minimum atomic E-state index is -0.165. The fourth-order valence-corrected chi connectivity index (χ4v) is 4.90. The number of allylic oxidation sites excluding steroid dienone is 2. The number of amides is 2. The van der Waals surface area contributed by atoms with Crippen LogP contribution in [-0.4, -0.2) is 11.8 Å². The number of imide groups is 1. The van der Waals surface area contributed by atoms with Crippen molar-refractivity contribution >= 4 is 17.5 Å². The Labute approximate surface area is 128 Å². The Morgan fingerprint density at radius 3 is 2.00 bits per heavy atom. The molecular formula is C18H14N2O2. The van der Waals surface area contributed by atoms with Gasteiger partial charge in [0.25, 0.3) is 0 Å². The van der Waals surface area contributed by atoms with E-state index in [1.54, 1.807) is 24.3 Å². The normalized spacial score (nSPS) is 40.4. The number of rotatable bonds is 1. The molecule has 1 saturated heterocycles. The zero-order valence-corrected chi connectivity index (χ0v) is 11.8. The first-order valence-corrected chi connectivity index (χ1v) is 7.77. The molecule has 1 heterocycles. The number of hydrogen-bond donors (Lipinski definition) is 0. The zero-order valence-electron chi connectivity index (χ0n) is 11.8. The summed E-state index contributed by atoms with van der Waals surface area (Å²) in [5.74, 6) is 1.31. The van der Waals surface area contributed by atoms with Crippen LogP contribution in [-0.2, 0) is 9.59 Å². The number of nitriles is 1. The third kappa shape index (κ3) is 1.32. The molecule has 1 aromatic carbocycles. The molecule has 1 aliphatic heterocycles. The van der Waals surface area contributed by atoms with Gasteiger partial charge in [0.2, 0.25) is 11.8 Å². The summed E-state index contributed by atoms with van der Waals surface area (Å²) in [5, 5.41) is 8.87. The fraction of sp³-hybridized carbons (Fsp3) is 0.389. The van der Waals surface area contributed by atoms with Crippen LogP contribution in [0.3, 0.4) is 0 Å². The summed E-state index contributed by atoms with van der Waals surface area (Å²) in [6.07, 6.45) is 5.52. The highest BCUT2D eigenvalue weighted by Gasteiger charge is 2.67.